The van der Waals surface area contributed by atoms with Crippen LogP contribution >= 0.6 is 11.8 Å². The number of rotatable bonds is 9. The van der Waals surface area contributed by atoms with Crippen LogP contribution in [0.2, 0.25) is 0 Å². The lowest BCUT2D eigenvalue weighted by Crippen LogP contribution is -2.26. The Labute approximate surface area is 110 Å². The molecule has 98 valence electrons. The lowest BCUT2D eigenvalue weighted by atomic mass is 10.1. The third-order valence-electron chi connectivity index (χ3n) is 2.84. The second-order valence-corrected chi connectivity index (χ2v) is 5.68. The summed E-state index contributed by atoms with van der Waals surface area (Å²) in [7, 11) is 0. The first-order chi connectivity index (χ1) is 8.24. The van der Waals surface area contributed by atoms with E-state index in [9.17, 15) is 0 Å². The summed E-state index contributed by atoms with van der Waals surface area (Å²) in [5.74, 6) is 2.24. The van der Waals surface area contributed by atoms with Crippen LogP contribution in [0.4, 0.5) is 0 Å². The average Bonchev–Trinajstić information content (AvgIpc) is 2.72. The van der Waals surface area contributed by atoms with Crippen molar-refractivity contribution >= 4 is 11.8 Å². The molecule has 0 saturated carbocycles. The Hall–Kier alpha value is -0.410. The summed E-state index contributed by atoms with van der Waals surface area (Å²) < 4.78 is 5.27. The predicted molar refractivity (Wildman–Crippen MR) is 75.8 cm³/mol. The van der Waals surface area contributed by atoms with Crippen LogP contribution in [-0.4, -0.2) is 18.3 Å². The third kappa shape index (κ3) is 6.18. The van der Waals surface area contributed by atoms with Gasteiger partial charge in [0.05, 0.1) is 6.26 Å². The van der Waals surface area contributed by atoms with Crippen molar-refractivity contribution in [3.8, 4) is 0 Å². The molecule has 0 saturated heterocycles. The van der Waals surface area contributed by atoms with Crippen LogP contribution in [0, 0.1) is 6.92 Å². The zero-order chi connectivity index (χ0) is 12.5. The largest absolute Gasteiger partial charge is 0.468 e. The number of hydrogen-bond acceptors (Lipinski definition) is 3. The Morgan fingerprint density at radius 1 is 1.41 bits per heavy atom. The van der Waals surface area contributed by atoms with Crippen LogP contribution in [0.25, 0.3) is 0 Å². The lowest BCUT2D eigenvalue weighted by molar-refractivity contribution is 0.496. The van der Waals surface area contributed by atoms with Crippen LogP contribution in [0.3, 0.4) is 0 Å². The minimum atomic E-state index is 0.663. The molecule has 1 aromatic rings. The highest BCUT2D eigenvalue weighted by Crippen LogP contribution is 2.24. The van der Waals surface area contributed by atoms with Gasteiger partial charge in [0.15, 0.2) is 0 Å². The maximum Gasteiger partial charge on any atom is 0.114 e. The zero-order valence-electron chi connectivity index (χ0n) is 11.3. The van der Waals surface area contributed by atoms with Gasteiger partial charge in [-0.2, -0.15) is 0 Å². The smallest absolute Gasteiger partial charge is 0.114 e. The summed E-state index contributed by atoms with van der Waals surface area (Å²) in [6.07, 6.45) is 6.87. The summed E-state index contributed by atoms with van der Waals surface area (Å²) >= 11 is 1.91. The van der Waals surface area contributed by atoms with Gasteiger partial charge in [0.25, 0.3) is 0 Å². The van der Waals surface area contributed by atoms with E-state index in [0.29, 0.717) is 6.04 Å². The molecule has 1 unspecified atom stereocenters. The quantitative estimate of drug-likeness (QED) is 0.528. The van der Waals surface area contributed by atoms with Gasteiger partial charge in [-0.15, -0.1) is 11.8 Å². The molecule has 0 aliphatic rings. The lowest BCUT2D eigenvalue weighted by Gasteiger charge is -2.12. The van der Waals surface area contributed by atoms with Crippen molar-refractivity contribution in [1.29, 1.82) is 0 Å². The molecule has 1 atom stereocenters. The van der Waals surface area contributed by atoms with Gasteiger partial charge in [0.1, 0.15) is 5.76 Å². The van der Waals surface area contributed by atoms with E-state index in [0.717, 1.165) is 12.3 Å². The monoisotopic (exact) mass is 255 g/mol. The first-order valence-corrected chi connectivity index (χ1v) is 7.63. The molecule has 17 heavy (non-hydrogen) atoms. The van der Waals surface area contributed by atoms with Crippen molar-refractivity contribution in [3.63, 3.8) is 0 Å². The summed E-state index contributed by atoms with van der Waals surface area (Å²) in [5, 5.41) is 3.52. The van der Waals surface area contributed by atoms with Crippen LogP contribution in [0.5, 0.6) is 0 Å². The van der Waals surface area contributed by atoms with E-state index < -0.39 is 0 Å². The van der Waals surface area contributed by atoms with Gasteiger partial charge in [-0.3, -0.25) is 0 Å². The molecule has 0 aromatic carbocycles. The fourth-order valence-electron chi connectivity index (χ4n) is 1.75. The van der Waals surface area contributed by atoms with Gasteiger partial charge < -0.3 is 9.73 Å². The van der Waals surface area contributed by atoms with Crippen molar-refractivity contribution < 1.29 is 4.42 Å². The molecular weight excluding hydrogens is 230 g/mol. The zero-order valence-corrected chi connectivity index (χ0v) is 12.1. The fourth-order valence-corrected chi connectivity index (χ4v) is 2.72. The Bertz CT molecular complexity index is 298. The van der Waals surface area contributed by atoms with E-state index in [1.165, 1.54) is 36.3 Å². The number of hydrogen-bond donors (Lipinski definition) is 1. The molecule has 1 rings (SSSR count). The molecule has 0 bridgehead atoms. The SMILES string of the molecule is CCCNC(C)CCCCSc1ccoc1C. The fraction of sp³-hybridized carbons (Fsp3) is 0.714. The van der Waals surface area contributed by atoms with Crippen molar-refractivity contribution in [2.24, 2.45) is 0 Å². The molecule has 0 aliphatic carbocycles. The van der Waals surface area contributed by atoms with Crippen LogP contribution in [-0.2, 0) is 0 Å². The number of aryl methyl sites for hydroxylation is 1. The normalized spacial score (nSPS) is 12.9. The molecule has 3 heteroatoms. The van der Waals surface area contributed by atoms with E-state index in [1.807, 2.05) is 18.7 Å². The molecule has 1 aromatic heterocycles. The highest BCUT2D eigenvalue weighted by atomic mass is 32.2. The highest BCUT2D eigenvalue weighted by molar-refractivity contribution is 7.99. The van der Waals surface area contributed by atoms with Crippen molar-refractivity contribution in [3.05, 3.63) is 18.1 Å². The Kier molecular flexibility index (Phi) is 7.45. The number of unbranched alkanes of at least 4 members (excludes halogenated alkanes) is 1. The van der Waals surface area contributed by atoms with Crippen LogP contribution in [0.1, 0.15) is 45.3 Å². The second-order valence-electron chi connectivity index (χ2n) is 4.54. The summed E-state index contributed by atoms with van der Waals surface area (Å²) in [5.41, 5.74) is 0. The van der Waals surface area contributed by atoms with Gasteiger partial charge in [-0.05, 0) is 51.5 Å². The van der Waals surface area contributed by atoms with Gasteiger partial charge >= 0.3 is 0 Å². The number of thioether (sulfide) groups is 1. The van der Waals surface area contributed by atoms with Gasteiger partial charge in [0.2, 0.25) is 0 Å². The average molecular weight is 255 g/mol. The second kappa shape index (κ2) is 8.65. The van der Waals surface area contributed by atoms with Gasteiger partial charge in [-0.25, -0.2) is 0 Å². The summed E-state index contributed by atoms with van der Waals surface area (Å²) in [6.45, 7) is 7.66. The maximum atomic E-state index is 5.27. The molecular formula is C14H25NOS. The minimum absolute atomic E-state index is 0.663. The molecule has 1 heterocycles. The van der Waals surface area contributed by atoms with Gasteiger partial charge in [-0.1, -0.05) is 13.3 Å². The van der Waals surface area contributed by atoms with E-state index in [2.05, 4.69) is 25.2 Å². The van der Waals surface area contributed by atoms with E-state index in [-0.39, 0.29) is 0 Å². The Morgan fingerprint density at radius 2 is 2.24 bits per heavy atom. The summed E-state index contributed by atoms with van der Waals surface area (Å²) in [4.78, 5) is 1.29. The van der Waals surface area contributed by atoms with E-state index in [1.54, 1.807) is 6.26 Å². The van der Waals surface area contributed by atoms with E-state index in [4.69, 9.17) is 4.42 Å². The molecule has 0 aliphatic heterocycles. The van der Waals surface area contributed by atoms with Crippen molar-refractivity contribution in [2.45, 2.75) is 57.4 Å². The first-order valence-electron chi connectivity index (χ1n) is 6.64. The standard InChI is InChI=1S/C14H25NOS/c1-4-9-15-12(2)7-5-6-11-17-14-8-10-16-13(14)3/h8,10,12,15H,4-7,9,11H2,1-3H3. The third-order valence-corrected chi connectivity index (χ3v) is 4.07. The molecule has 0 amide bonds. The summed E-state index contributed by atoms with van der Waals surface area (Å²) in [6, 6.07) is 2.72. The predicted octanol–water partition coefficient (Wildman–Crippen LogP) is 4.24. The van der Waals surface area contributed by atoms with Crippen molar-refractivity contribution in [1.82, 2.24) is 5.32 Å². The Morgan fingerprint density at radius 3 is 2.88 bits per heavy atom. The van der Waals surface area contributed by atoms with Crippen LogP contribution in [0.15, 0.2) is 21.6 Å². The number of furan rings is 1. The maximum absolute atomic E-state index is 5.27. The molecule has 0 fully saturated rings. The highest BCUT2D eigenvalue weighted by Gasteiger charge is 2.02. The van der Waals surface area contributed by atoms with Gasteiger partial charge in [0, 0.05) is 10.9 Å². The topological polar surface area (TPSA) is 25.2 Å². The number of nitrogens with one attached hydrogen (secondary N) is 1. The molecule has 0 spiro atoms. The van der Waals surface area contributed by atoms with Crippen molar-refractivity contribution in [2.75, 3.05) is 12.3 Å². The molecule has 1 N–H and O–H groups in total. The minimum Gasteiger partial charge on any atom is -0.468 e. The first kappa shape index (κ1) is 14.7. The Balaban J connectivity index is 1.99. The molecule has 2 nitrogen and oxygen atoms in total. The molecule has 0 radical (unpaired) electrons. The van der Waals surface area contributed by atoms with E-state index >= 15 is 0 Å². The van der Waals surface area contributed by atoms with Crippen LogP contribution < -0.4 is 5.32 Å².